The summed E-state index contributed by atoms with van der Waals surface area (Å²) in [5.41, 5.74) is 5.88. The van der Waals surface area contributed by atoms with Gasteiger partial charge in [-0.2, -0.15) is 0 Å². The number of amides is 1. The molecule has 0 aromatic carbocycles. The van der Waals surface area contributed by atoms with Gasteiger partial charge in [-0.15, -0.1) is 11.3 Å². The van der Waals surface area contributed by atoms with E-state index in [1.165, 1.54) is 0 Å². The summed E-state index contributed by atoms with van der Waals surface area (Å²) in [4.78, 5) is 13.9. The van der Waals surface area contributed by atoms with Gasteiger partial charge in [-0.1, -0.05) is 6.92 Å². The number of thiophene rings is 1. The van der Waals surface area contributed by atoms with Crippen LogP contribution in [0.2, 0.25) is 0 Å². The predicted molar refractivity (Wildman–Crippen MR) is 78.8 cm³/mol. The Morgan fingerprint density at radius 3 is 2.37 bits per heavy atom. The number of nitrogens with zero attached hydrogens (tertiary/aromatic N) is 1. The van der Waals surface area contributed by atoms with Crippen LogP contribution in [0.1, 0.15) is 23.0 Å². The molecule has 1 aromatic heterocycles. The second kappa shape index (κ2) is 5.79. The van der Waals surface area contributed by atoms with Gasteiger partial charge in [0, 0.05) is 26.9 Å². The predicted octanol–water partition coefficient (Wildman–Crippen LogP) is 0.940. The van der Waals surface area contributed by atoms with Gasteiger partial charge in [0.1, 0.15) is 14.8 Å². The summed E-state index contributed by atoms with van der Waals surface area (Å²) in [6.45, 7) is 2.47. The Morgan fingerprint density at radius 2 is 2.00 bits per heavy atom. The molecule has 19 heavy (non-hydrogen) atoms. The van der Waals surface area contributed by atoms with Crippen molar-refractivity contribution in [2.75, 3.05) is 37.5 Å². The third kappa shape index (κ3) is 3.38. The summed E-state index contributed by atoms with van der Waals surface area (Å²) >= 11 is 1.09. The van der Waals surface area contributed by atoms with Crippen molar-refractivity contribution in [2.24, 2.45) is 0 Å². The smallest absolute Gasteiger partial charge is 0.263 e. The minimum absolute atomic E-state index is 0.0316. The summed E-state index contributed by atoms with van der Waals surface area (Å²) in [6, 6.07) is 0. The zero-order chi connectivity index (χ0) is 14.8. The highest BCUT2D eigenvalue weighted by Crippen LogP contribution is 2.40. The van der Waals surface area contributed by atoms with E-state index in [9.17, 15) is 13.2 Å². The molecule has 1 amide bonds. The fourth-order valence-corrected chi connectivity index (χ4v) is 4.16. The van der Waals surface area contributed by atoms with Gasteiger partial charge in [-0.25, -0.2) is 8.42 Å². The van der Waals surface area contributed by atoms with Gasteiger partial charge in [0.25, 0.3) is 5.91 Å². The van der Waals surface area contributed by atoms with Crippen molar-refractivity contribution in [3.05, 3.63) is 4.88 Å². The lowest BCUT2D eigenvalue weighted by Gasteiger charge is -2.11. The van der Waals surface area contributed by atoms with Crippen LogP contribution in [0.15, 0.2) is 4.90 Å². The number of nitrogens with one attached hydrogen (secondary N) is 1. The minimum atomic E-state index is -3.48. The molecule has 108 valence electrons. The van der Waals surface area contributed by atoms with E-state index in [0.717, 1.165) is 24.0 Å². The van der Waals surface area contributed by atoms with E-state index in [1.54, 1.807) is 19.0 Å². The molecule has 1 heterocycles. The fourth-order valence-electron chi connectivity index (χ4n) is 1.56. The monoisotopic (exact) mass is 305 g/mol. The lowest BCUT2D eigenvalue weighted by atomic mass is 10.3. The number of sulfone groups is 1. The van der Waals surface area contributed by atoms with E-state index in [2.05, 4.69) is 5.32 Å². The number of carbonyl (C=O) groups is 1. The molecule has 8 heteroatoms. The van der Waals surface area contributed by atoms with E-state index >= 15 is 0 Å². The molecular formula is C11H19N3O3S2. The Labute approximate surface area is 117 Å². The van der Waals surface area contributed by atoms with Crippen LogP contribution >= 0.6 is 11.3 Å². The van der Waals surface area contributed by atoms with Crippen molar-refractivity contribution >= 4 is 37.8 Å². The molecule has 0 bridgehead atoms. The number of carbonyl (C=O) groups excluding carboxylic acids is 1. The average Bonchev–Trinajstić information content (AvgIpc) is 2.63. The summed E-state index contributed by atoms with van der Waals surface area (Å²) < 4.78 is 23.6. The molecule has 0 aliphatic heterocycles. The van der Waals surface area contributed by atoms with Gasteiger partial charge in [0.15, 0.2) is 9.84 Å². The molecule has 6 nitrogen and oxygen atoms in total. The highest BCUT2D eigenvalue weighted by atomic mass is 32.2. The van der Waals surface area contributed by atoms with E-state index in [-0.39, 0.29) is 21.4 Å². The zero-order valence-corrected chi connectivity index (χ0v) is 13.1. The topological polar surface area (TPSA) is 92.5 Å². The maximum Gasteiger partial charge on any atom is 0.263 e. The van der Waals surface area contributed by atoms with Crippen molar-refractivity contribution < 1.29 is 13.2 Å². The van der Waals surface area contributed by atoms with Crippen molar-refractivity contribution in [3.63, 3.8) is 0 Å². The third-order valence-corrected chi connectivity index (χ3v) is 5.06. The molecule has 0 unspecified atom stereocenters. The summed E-state index contributed by atoms with van der Waals surface area (Å²) in [6.07, 6.45) is 1.89. The van der Waals surface area contributed by atoms with Crippen LogP contribution in [-0.2, 0) is 9.84 Å². The highest BCUT2D eigenvalue weighted by Gasteiger charge is 2.27. The van der Waals surface area contributed by atoms with Crippen molar-refractivity contribution in [3.8, 4) is 0 Å². The zero-order valence-electron chi connectivity index (χ0n) is 11.5. The van der Waals surface area contributed by atoms with Crippen molar-refractivity contribution in [1.29, 1.82) is 0 Å². The maximum atomic E-state index is 11.9. The largest absolute Gasteiger partial charge is 0.396 e. The first kappa shape index (κ1) is 15.8. The normalized spacial score (nSPS) is 11.4. The molecule has 0 aliphatic carbocycles. The van der Waals surface area contributed by atoms with Crippen molar-refractivity contribution in [1.82, 2.24) is 5.32 Å². The average molecular weight is 305 g/mol. The maximum absolute atomic E-state index is 11.9. The fraction of sp³-hybridized carbons (Fsp3) is 0.545. The van der Waals surface area contributed by atoms with E-state index in [4.69, 9.17) is 5.73 Å². The lowest BCUT2D eigenvalue weighted by molar-refractivity contribution is 0.0958. The number of hydrogen-bond acceptors (Lipinski definition) is 6. The van der Waals surface area contributed by atoms with E-state index < -0.39 is 9.84 Å². The minimum Gasteiger partial charge on any atom is -0.396 e. The van der Waals surface area contributed by atoms with Crippen LogP contribution in [0.5, 0.6) is 0 Å². The summed E-state index contributed by atoms with van der Waals surface area (Å²) in [5.74, 6) is -0.331. The van der Waals surface area contributed by atoms with Crippen LogP contribution in [-0.4, -0.2) is 41.2 Å². The van der Waals surface area contributed by atoms with Gasteiger partial charge in [-0.3, -0.25) is 4.79 Å². The highest BCUT2D eigenvalue weighted by molar-refractivity contribution is 7.91. The van der Waals surface area contributed by atoms with Crippen LogP contribution < -0.4 is 16.0 Å². The molecule has 0 radical (unpaired) electrons. The molecule has 0 aliphatic rings. The summed E-state index contributed by atoms with van der Waals surface area (Å²) in [7, 11) is -0.0467. The van der Waals surface area contributed by atoms with Crippen LogP contribution in [0.3, 0.4) is 0 Å². The number of rotatable bonds is 5. The summed E-state index contributed by atoms with van der Waals surface area (Å²) in [5, 5.41) is 3.17. The third-order valence-electron chi connectivity index (χ3n) is 2.40. The first-order valence-corrected chi connectivity index (χ1v) is 8.48. The number of hydrogen-bond donors (Lipinski definition) is 2. The number of anilines is 2. The molecule has 1 rings (SSSR count). The number of nitrogen functional groups attached to an aromatic ring is 1. The molecular weight excluding hydrogens is 286 g/mol. The van der Waals surface area contributed by atoms with Gasteiger partial charge in [0.2, 0.25) is 0 Å². The molecule has 3 N–H and O–H groups in total. The van der Waals surface area contributed by atoms with Gasteiger partial charge < -0.3 is 16.0 Å². The Hall–Kier alpha value is -1.28. The Bertz CT molecular complexity index is 576. The molecule has 0 spiro atoms. The first-order chi connectivity index (χ1) is 8.70. The first-order valence-electron chi connectivity index (χ1n) is 5.78. The van der Waals surface area contributed by atoms with Gasteiger partial charge >= 0.3 is 0 Å². The molecule has 0 saturated carbocycles. The van der Waals surface area contributed by atoms with Gasteiger partial charge in [0.05, 0.1) is 5.69 Å². The SMILES string of the molecule is CCCNC(=O)c1sc(N(C)C)c(S(C)(=O)=O)c1N. The molecule has 0 atom stereocenters. The second-order valence-corrected chi connectivity index (χ2v) is 7.35. The van der Waals surface area contributed by atoms with E-state index in [1.807, 2.05) is 6.92 Å². The number of nitrogens with two attached hydrogens (primary N) is 1. The van der Waals surface area contributed by atoms with Crippen LogP contribution in [0.25, 0.3) is 0 Å². The Kier molecular flexibility index (Phi) is 4.81. The van der Waals surface area contributed by atoms with Crippen molar-refractivity contribution in [2.45, 2.75) is 18.2 Å². The molecule has 1 aromatic rings. The van der Waals surface area contributed by atoms with Crippen LogP contribution in [0, 0.1) is 0 Å². The van der Waals surface area contributed by atoms with Gasteiger partial charge in [-0.05, 0) is 6.42 Å². The van der Waals surface area contributed by atoms with E-state index in [0.29, 0.717) is 11.5 Å². The van der Waals surface area contributed by atoms with Crippen LogP contribution in [0.4, 0.5) is 10.7 Å². The standard InChI is InChI=1S/C11H19N3O3S2/c1-5-6-13-10(15)8-7(12)9(19(4,16)17)11(18-8)14(2)3/h5-6,12H2,1-4H3,(H,13,15). The second-order valence-electron chi connectivity index (χ2n) is 4.40. The lowest BCUT2D eigenvalue weighted by Crippen LogP contribution is -2.24. The quantitative estimate of drug-likeness (QED) is 0.844. The molecule has 0 saturated heterocycles. The Balaban J connectivity index is 3.34. The molecule has 0 fully saturated rings. The Morgan fingerprint density at radius 1 is 1.42 bits per heavy atom.